The molecule has 4 N–H and O–H groups in total. The lowest BCUT2D eigenvalue weighted by molar-refractivity contribution is -0.141. The van der Waals surface area contributed by atoms with Gasteiger partial charge in [-0.15, -0.1) is 0 Å². The van der Waals surface area contributed by atoms with Gasteiger partial charge in [0.2, 0.25) is 5.91 Å². The number of nitrogens with one attached hydrogen (secondary N) is 1. The van der Waals surface area contributed by atoms with Crippen LogP contribution in [0.4, 0.5) is 0 Å². The summed E-state index contributed by atoms with van der Waals surface area (Å²) in [6, 6.07) is 0.154. The van der Waals surface area contributed by atoms with Crippen LogP contribution in [0.1, 0.15) is 47.0 Å². The molecule has 1 amide bonds. The summed E-state index contributed by atoms with van der Waals surface area (Å²) < 4.78 is 0. The zero-order valence-electron chi connectivity index (χ0n) is 13.0. The standard InChI is InChI=1S/C15H28N2O3/c1-9(14(19)20)7-8-17-13(18)11-5-6-12(16)10(2)15(11,3)4/h9-12H,5-8,16H2,1-4H3,(H,17,18)(H,19,20). The molecule has 1 aliphatic rings. The highest BCUT2D eigenvalue weighted by molar-refractivity contribution is 5.79. The molecule has 0 aromatic rings. The molecule has 1 saturated carbocycles. The van der Waals surface area contributed by atoms with Crippen molar-refractivity contribution in [1.29, 1.82) is 0 Å². The van der Waals surface area contributed by atoms with Gasteiger partial charge in [-0.3, -0.25) is 9.59 Å². The third-order valence-corrected chi connectivity index (χ3v) is 5.12. The van der Waals surface area contributed by atoms with Crippen molar-refractivity contribution in [3.63, 3.8) is 0 Å². The van der Waals surface area contributed by atoms with Gasteiger partial charge in [-0.25, -0.2) is 0 Å². The molecule has 1 fully saturated rings. The van der Waals surface area contributed by atoms with Crippen LogP contribution in [0.25, 0.3) is 0 Å². The van der Waals surface area contributed by atoms with Crippen LogP contribution >= 0.6 is 0 Å². The average Bonchev–Trinajstić information content (AvgIpc) is 2.35. The topological polar surface area (TPSA) is 92.4 Å². The molecule has 4 atom stereocenters. The molecule has 0 spiro atoms. The maximum Gasteiger partial charge on any atom is 0.306 e. The summed E-state index contributed by atoms with van der Waals surface area (Å²) in [6.45, 7) is 8.37. The molecule has 0 heterocycles. The number of carboxylic acids is 1. The van der Waals surface area contributed by atoms with E-state index in [9.17, 15) is 9.59 Å². The number of aliphatic carboxylic acids is 1. The smallest absolute Gasteiger partial charge is 0.306 e. The lowest BCUT2D eigenvalue weighted by Gasteiger charge is -2.46. The second-order valence-electron chi connectivity index (χ2n) is 6.72. The van der Waals surface area contributed by atoms with Gasteiger partial charge >= 0.3 is 5.97 Å². The summed E-state index contributed by atoms with van der Waals surface area (Å²) in [5.74, 6) is -0.965. The maximum atomic E-state index is 12.3. The number of rotatable bonds is 5. The van der Waals surface area contributed by atoms with E-state index in [-0.39, 0.29) is 23.3 Å². The third kappa shape index (κ3) is 3.72. The molecule has 1 aliphatic carbocycles. The van der Waals surface area contributed by atoms with Gasteiger partial charge in [0, 0.05) is 18.5 Å². The highest BCUT2D eigenvalue weighted by Gasteiger charge is 2.44. The Morgan fingerprint density at radius 2 is 2.00 bits per heavy atom. The molecular formula is C15H28N2O3. The first-order valence-electron chi connectivity index (χ1n) is 7.44. The van der Waals surface area contributed by atoms with Crippen LogP contribution in [-0.2, 0) is 9.59 Å². The number of carboxylic acid groups (broad SMARTS) is 1. The highest BCUT2D eigenvalue weighted by Crippen LogP contribution is 2.44. The number of hydrogen-bond donors (Lipinski definition) is 3. The minimum Gasteiger partial charge on any atom is -0.481 e. The van der Waals surface area contributed by atoms with Crippen LogP contribution in [0.3, 0.4) is 0 Å². The SMILES string of the molecule is CC(CCNC(=O)C1CCC(N)C(C)C1(C)C)C(=O)O. The quantitative estimate of drug-likeness (QED) is 0.715. The summed E-state index contributed by atoms with van der Waals surface area (Å²) in [7, 11) is 0. The molecule has 5 heteroatoms. The van der Waals surface area contributed by atoms with E-state index in [0.29, 0.717) is 18.9 Å². The number of hydrogen-bond acceptors (Lipinski definition) is 3. The summed E-state index contributed by atoms with van der Waals surface area (Å²) in [6.07, 6.45) is 2.14. The molecule has 0 aromatic carbocycles. The number of amides is 1. The van der Waals surface area contributed by atoms with Crippen molar-refractivity contribution in [2.75, 3.05) is 6.54 Å². The molecule has 0 saturated heterocycles. The van der Waals surface area contributed by atoms with Gasteiger partial charge in [0.25, 0.3) is 0 Å². The zero-order chi connectivity index (χ0) is 15.5. The Morgan fingerprint density at radius 1 is 1.40 bits per heavy atom. The first-order chi connectivity index (χ1) is 9.17. The van der Waals surface area contributed by atoms with E-state index in [0.717, 1.165) is 12.8 Å². The maximum absolute atomic E-state index is 12.3. The van der Waals surface area contributed by atoms with E-state index >= 15 is 0 Å². The Bertz CT molecular complexity index is 368. The lowest BCUT2D eigenvalue weighted by Crippen LogP contribution is -2.51. The van der Waals surface area contributed by atoms with Gasteiger partial charge in [-0.1, -0.05) is 27.7 Å². The summed E-state index contributed by atoms with van der Waals surface area (Å²) >= 11 is 0. The molecule has 4 unspecified atom stereocenters. The van der Waals surface area contributed by atoms with E-state index in [1.54, 1.807) is 6.92 Å². The third-order valence-electron chi connectivity index (χ3n) is 5.12. The van der Waals surface area contributed by atoms with Crippen molar-refractivity contribution in [1.82, 2.24) is 5.32 Å². The summed E-state index contributed by atoms with van der Waals surface area (Å²) in [5, 5.41) is 11.7. The fraction of sp³-hybridized carbons (Fsp3) is 0.867. The molecule has 0 aliphatic heterocycles. The first kappa shape index (κ1) is 17.0. The Balaban J connectivity index is 2.53. The Morgan fingerprint density at radius 3 is 2.55 bits per heavy atom. The minimum atomic E-state index is -0.822. The van der Waals surface area contributed by atoms with Crippen LogP contribution in [0.2, 0.25) is 0 Å². The van der Waals surface area contributed by atoms with Gasteiger partial charge in [0.15, 0.2) is 0 Å². The van der Waals surface area contributed by atoms with Crippen LogP contribution in [0, 0.1) is 23.2 Å². The van der Waals surface area contributed by atoms with E-state index in [2.05, 4.69) is 26.1 Å². The Hall–Kier alpha value is -1.10. The van der Waals surface area contributed by atoms with Crippen LogP contribution < -0.4 is 11.1 Å². The molecule has 1 rings (SSSR count). The van der Waals surface area contributed by atoms with E-state index < -0.39 is 11.9 Å². The number of carbonyl (C=O) groups is 2. The largest absolute Gasteiger partial charge is 0.481 e. The van der Waals surface area contributed by atoms with Gasteiger partial charge in [-0.05, 0) is 30.6 Å². The van der Waals surface area contributed by atoms with Crippen LogP contribution in [-0.4, -0.2) is 29.6 Å². The van der Waals surface area contributed by atoms with Gasteiger partial charge in [-0.2, -0.15) is 0 Å². The fourth-order valence-electron chi connectivity index (χ4n) is 2.98. The Kier molecular flexibility index (Phi) is 5.57. The monoisotopic (exact) mass is 284 g/mol. The predicted molar refractivity (Wildman–Crippen MR) is 78.1 cm³/mol. The predicted octanol–water partition coefficient (Wildman–Crippen LogP) is 1.61. The molecule has 20 heavy (non-hydrogen) atoms. The van der Waals surface area contributed by atoms with E-state index in [4.69, 9.17) is 10.8 Å². The minimum absolute atomic E-state index is 0.0336. The van der Waals surface area contributed by atoms with Crippen molar-refractivity contribution in [3.05, 3.63) is 0 Å². The van der Waals surface area contributed by atoms with Crippen molar-refractivity contribution in [3.8, 4) is 0 Å². The van der Waals surface area contributed by atoms with Gasteiger partial charge in [0.1, 0.15) is 0 Å². The second kappa shape index (κ2) is 6.57. The zero-order valence-corrected chi connectivity index (χ0v) is 13.0. The molecule has 0 aromatic heterocycles. The fourth-order valence-corrected chi connectivity index (χ4v) is 2.98. The van der Waals surface area contributed by atoms with E-state index in [1.165, 1.54) is 0 Å². The van der Waals surface area contributed by atoms with E-state index in [1.807, 2.05) is 0 Å². The lowest BCUT2D eigenvalue weighted by atomic mass is 9.61. The normalized spacial score (nSPS) is 30.6. The van der Waals surface area contributed by atoms with Crippen molar-refractivity contribution in [2.24, 2.45) is 28.9 Å². The molecular weight excluding hydrogens is 256 g/mol. The number of nitrogens with two attached hydrogens (primary N) is 1. The van der Waals surface area contributed by atoms with Crippen molar-refractivity contribution in [2.45, 2.75) is 53.0 Å². The molecule has 0 radical (unpaired) electrons. The molecule has 0 bridgehead atoms. The van der Waals surface area contributed by atoms with Crippen LogP contribution in [0.15, 0.2) is 0 Å². The summed E-state index contributed by atoms with van der Waals surface area (Å²) in [4.78, 5) is 23.1. The Labute approximate surface area is 121 Å². The molecule has 5 nitrogen and oxygen atoms in total. The number of carbonyl (C=O) groups excluding carboxylic acids is 1. The van der Waals surface area contributed by atoms with Crippen molar-refractivity contribution < 1.29 is 14.7 Å². The van der Waals surface area contributed by atoms with Crippen molar-refractivity contribution >= 4 is 11.9 Å². The average molecular weight is 284 g/mol. The van der Waals surface area contributed by atoms with Gasteiger partial charge < -0.3 is 16.2 Å². The second-order valence-corrected chi connectivity index (χ2v) is 6.72. The summed E-state index contributed by atoms with van der Waals surface area (Å²) in [5.41, 5.74) is 5.97. The first-order valence-corrected chi connectivity index (χ1v) is 7.44. The van der Waals surface area contributed by atoms with Crippen LogP contribution in [0.5, 0.6) is 0 Å². The van der Waals surface area contributed by atoms with Gasteiger partial charge in [0.05, 0.1) is 5.92 Å². The highest BCUT2D eigenvalue weighted by atomic mass is 16.4. The molecule has 116 valence electrons.